The van der Waals surface area contributed by atoms with Gasteiger partial charge in [0.15, 0.2) is 0 Å². The van der Waals surface area contributed by atoms with Crippen molar-refractivity contribution in [3.63, 3.8) is 0 Å². The summed E-state index contributed by atoms with van der Waals surface area (Å²) in [6.45, 7) is 6.22. The summed E-state index contributed by atoms with van der Waals surface area (Å²) in [6, 6.07) is 11.7. The number of benzene rings is 2. The van der Waals surface area contributed by atoms with Crippen molar-refractivity contribution in [2.45, 2.75) is 27.3 Å². The van der Waals surface area contributed by atoms with Crippen LogP contribution in [0.2, 0.25) is 0 Å². The fourth-order valence-electron chi connectivity index (χ4n) is 2.40. The van der Waals surface area contributed by atoms with Gasteiger partial charge in [-0.25, -0.2) is 4.68 Å². The SMILES string of the molecule is Cc1cccc(NC(=O)Cn2nnc3cc(C)c(C)cc32)c1. The second kappa shape index (κ2) is 5.60. The molecule has 1 N–H and O–H groups in total. The minimum absolute atomic E-state index is 0.115. The van der Waals surface area contributed by atoms with Gasteiger partial charge < -0.3 is 5.32 Å². The lowest BCUT2D eigenvalue weighted by molar-refractivity contribution is -0.116. The van der Waals surface area contributed by atoms with E-state index in [1.807, 2.05) is 57.2 Å². The van der Waals surface area contributed by atoms with Crippen molar-refractivity contribution in [2.75, 3.05) is 5.32 Å². The van der Waals surface area contributed by atoms with Gasteiger partial charge in [-0.3, -0.25) is 4.79 Å². The zero-order chi connectivity index (χ0) is 15.7. The van der Waals surface area contributed by atoms with Crippen LogP contribution < -0.4 is 5.32 Å². The molecule has 0 saturated heterocycles. The molecule has 1 aromatic heterocycles. The molecule has 0 fully saturated rings. The first-order valence-corrected chi connectivity index (χ1v) is 7.20. The number of hydrogen-bond acceptors (Lipinski definition) is 3. The number of fused-ring (bicyclic) bond motifs is 1. The van der Waals surface area contributed by atoms with Crippen LogP contribution in [0.25, 0.3) is 11.0 Å². The monoisotopic (exact) mass is 294 g/mol. The van der Waals surface area contributed by atoms with Gasteiger partial charge in [0.2, 0.25) is 5.91 Å². The van der Waals surface area contributed by atoms with E-state index >= 15 is 0 Å². The fraction of sp³-hybridized carbons (Fsp3) is 0.235. The van der Waals surface area contributed by atoms with Gasteiger partial charge >= 0.3 is 0 Å². The molecule has 0 radical (unpaired) electrons. The van der Waals surface area contributed by atoms with Crippen LogP contribution in [-0.4, -0.2) is 20.9 Å². The standard InChI is InChI=1S/C17H18N4O/c1-11-5-4-6-14(7-11)18-17(22)10-21-16-9-13(3)12(2)8-15(16)19-20-21/h4-9H,10H2,1-3H3,(H,18,22). The number of carbonyl (C=O) groups excluding carboxylic acids is 1. The Morgan fingerprint density at radius 1 is 1.14 bits per heavy atom. The normalized spacial score (nSPS) is 10.9. The largest absolute Gasteiger partial charge is 0.324 e. The summed E-state index contributed by atoms with van der Waals surface area (Å²) in [6.07, 6.45) is 0. The number of nitrogens with one attached hydrogen (secondary N) is 1. The lowest BCUT2D eigenvalue weighted by Crippen LogP contribution is -2.19. The van der Waals surface area contributed by atoms with Crippen molar-refractivity contribution in [3.05, 3.63) is 53.1 Å². The molecule has 0 aliphatic rings. The number of hydrogen-bond donors (Lipinski definition) is 1. The van der Waals surface area contributed by atoms with E-state index in [0.29, 0.717) is 0 Å². The topological polar surface area (TPSA) is 59.8 Å². The quantitative estimate of drug-likeness (QED) is 0.808. The third kappa shape index (κ3) is 2.83. The van der Waals surface area contributed by atoms with E-state index in [9.17, 15) is 4.79 Å². The molecule has 0 spiro atoms. The average molecular weight is 294 g/mol. The zero-order valence-corrected chi connectivity index (χ0v) is 12.9. The van der Waals surface area contributed by atoms with E-state index in [2.05, 4.69) is 15.6 Å². The van der Waals surface area contributed by atoms with Gasteiger partial charge in [-0.15, -0.1) is 5.10 Å². The van der Waals surface area contributed by atoms with Crippen LogP contribution in [0.1, 0.15) is 16.7 Å². The molecule has 0 atom stereocenters. The second-order valence-corrected chi connectivity index (χ2v) is 5.59. The highest BCUT2D eigenvalue weighted by molar-refractivity contribution is 5.91. The summed E-state index contributed by atoms with van der Waals surface area (Å²) < 4.78 is 1.63. The number of amides is 1. The number of rotatable bonds is 3. The summed E-state index contributed by atoms with van der Waals surface area (Å²) in [4.78, 5) is 12.2. The summed E-state index contributed by atoms with van der Waals surface area (Å²) in [5.41, 5.74) is 5.92. The molecule has 1 amide bonds. The molecule has 3 aromatic rings. The van der Waals surface area contributed by atoms with E-state index in [4.69, 9.17) is 0 Å². The van der Waals surface area contributed by atoms with E-state index < -0.39 is 0 Å². The van der Waals surface area contributed by atoms with Crippen LogP contribution in [-0.2, 0) is 11.3 Å². The minimum atomic E-state index is -0.115. The van der Waals surface area contributed by atoms with Crippen LogP contribution in [0.3, 0.4) is 0 Å². The van der Waals surface area contributed by atoms with Gasteiger partial charge in [0.05, 0.1) is 5.52 Å². The maximum Gasteiger partial charge on any atom is 0.246 e. The highest BCUT2D eigenvalue weighted by Crippen LogP contribution is 2.17. The number of anilines is 1. The molecule has 0 bridgehead atoms. The Kier molecular flexibility index (Phi) is 3.63. The third-order valence-corrected chi connectivity index (χ3v) is 3.72. The molecule has 1 heterocycles. The first-order chi connectivity index (χ1) is 10.5. The van der Waals surface area contributed by atoms with Gasteiger partial charge in [-0.05, 0) is 61.7 Å². The first kappa shape index (κ1) is 14.3. The molecule has 5 nitrogen and oxygen atoms in total. The maximum absolute atomic E-state index is 12.2. The second-order valence-electron chi connectivity index (χ2n) is 5.59. The van der Waals surface area contributed by atoms with Crippen LogP contribution in [0.5, 0.6) is 0 Å². The Labute approximate surface area is 129 Å². The molecule has 0 aliphatic carbocycles. The van der Waals surface area contributed by atoms with E-state index in [1.54, 1.807) is 4.68 Å². The molecule has 112 valence electrons. The number of nitrogens with zero attached hydrogens (tertiary/aromatic N) is 3. The molecular weight excluding hydrogens is 276 g/mol. The van der Waals surface area contributed by atoms with Gasteiger partial charge in [-0.2, -0.15) is 0 Å². The summed E-state index contributed by atoms with van der Waals surface area (Å²) in [5, 5.41) is 11.1. The molecule has 2 aromatic carbocycles. The number of aryl methyl sites for hydroxylation is 3. The average Bonchev–Trinajstić information content (AvgIpc) is 2.81. The van der Waals surface area contributed by atoms with E-state index in [-0.39, 0.29) is 12.5 Å². The summed E-state index contributed by atoms with van der Waals surface area (Å²) in [7, 11) is 0. The molecule has 0 saturated carbocycles. The van der Waals surface area contributed by atoms with E-state index in [1.165, 1.54) is 5.56 Å². The number of carbonyl (C=O) groups is 1. The van der Waals surface area contributed by atoms with Crippen molar-refractivity contribution in [3.8, 4) is 0 Å². The predicted octanol–water partition coefficient (Wildman–Crippen LogP) is 3.00. The van der Waals surface area contributed by atoms with E-state index in [0.717, 1.165) is 27.8 Å². The van der Waals surface area contributed by atoms with Crippen molar-refractivity contribution in [1.82, 2.24) is 15.0 Å². The molecule has 5 heteroatoms. The smallest absolute Gasteiger partial charge is 0.246 e. The molecular formula is C17H18N4O. The molecule has 0 unspecified atom stereocenters. The summed E-state index contributed by atoms with van der Waals surface area (Å²) >= 11 is 0. The van der Waals surface area contributed by atoms with Gasteiger partial charge in [0.25, 0.3) is 0 Å². The lowest BCUT2D eigenvalue weighted by atomic mass is 10.1. The van der Waals surface area contributed by atoms with Crippen molar-refractivity contribution >= 4 is 22.6 Å². The highest BCUT2D eigenvalue weighted by Gasteiger charge is 2.10. The predicted molar refractivity (Wildman–Crippen MR) is 86.8 cm³/mol. The van der Waals surface area contributed by atoms with Crippen LogP contribution in [0.15, 0.2) is 36.4 Å². The Morgan fingerprint density at radius 2 is 1.91 bits per heavy atom. The van der Waals surface area contributed by atoms with Crippen LogP contribution in [0.4, 0.5) is 5.69 Å². The fourth-order valence-corrected chi connectivity index (χ4v) is 2.40. The van der Waals surface area contributed by atoms with Gasteiger partial charge in [0.1, 0.15) is 12.1 Å². The maximum atomic E-state index is 12.2. The third-order valence-electron chi connectivity index (χ3n) is 3.72. The Balaban J connectivity index is 1.81. The van der Waals surface area contributed by atoms with Gasteiger partial charge in [-0.1, -0.05) is 17.3 Å². The van der Waals surface area contributed by atoms with Gasteiger partial charge in [0, 0.05) is 5.69 Å². The number of aromatic nitrogens is 3. The molecule has 22 heavy (non-hydrogen) atoms. The highest BCUT2D eigenvalue weighted by atomic mass is 16.2. The van der Waals surface area contributed by atoms with Crippen LogP contribution in [0, 0.1) is 20.8 Å². The Morgan fingerprint density at radius 3 is 2.68 bits per heavy atom. The lowest BCUT2D eigenvalue weighted by Gasteiger charge is -2.07. The Hall–Kier alpha value is -2.69. The van der Waals surface area contributed by atoms with Crippen molar-refractivity contribution in [1.29, 1.82) is 0 Å². The zero-order valence-electron chi connectivity index (χ0n) is 12.9. The van der Waals surface area contributed by atoms with Crippen LogP contribution >= 0.6 is 0 Å². The molecule has 3 rings (SSSR count). The first-order valence-electron chi connectivity index (χ1n) is 7.20. The van der Waals surface area contributed by atoms with Crippen molar-refractivity contribution < 1.29 is 4.79 Å². The summed E-state index contributed by atoms with van der Waals surface area (Å²) in [5.74, 6) is -0.115. The Bertz CT molecular complexity index is 851. The minimum Gasteiger partial charge on any atom is -0.324 e. The molecule has 0 aliphatic heterocycles. The van der Waals surface area contributed by atoms with Crippen molar-refractivity contribution in [2.24, 2.45) is 0 Å².